The highest BCUT2D eigenvalue weighted by Crippen LogP contribution is 2.34. The SMILES string of the molecule is CN1CCN(Cc2ccc(NC(=O)Cc3ccc(CC(C)(C)OC(N)=O)cc3)cc2C(F)(F)F)CC1. The largest absolute Gasteiger partial charge is 0.443 e. The summed E-state index contributed by atoms with van der Waals surface area (Å²) in [5.74, 6) is -0.417. The summed E-state index contributed by atoms with van der Waals surface area (Å²) in [7, 11) is 1.99. The fourth-order valence-electron chi connectivity index (χ4n) is 4.27. The van der Waals surface area contributed by atoms with Gasteiger partial charge in [-0.2, -0.15) is 13.2 Å². The molecule has 1 aliphatic rings. The van der Waals surface area contributed by atoms with Gasteiger partial charge in [-0.25, -0.2) is 4.79 Å². The van der Waals surface area contributed by atoms with E-state index in [1.165, 1.54) is 12.1 Å². The zero-order valence-corrected chi connectivity index (χ0v) is 20.8. The minimum Gasteiger partial charge on any atom is -0.443 e. The number of nitrogens with zero attached hydrogens (tertiary/aromatic N) is 2. The Kier molecular flexibility index (Phi) is 8.63. The van der Waals surface area contributed by atoms with Crippen LogP contribution in [0.15, 0.2) is 42.5 Å². The number of benzene rings is 2. The van der Waals surface area contributed by atoms with Gasteiger partial charge in [-0.15, -0.1) is 0 Å². The van der Waals surface area contributed by atoms with E-state index in [2.05, 4.69) is 10.2 Å². The number of amides is 2. The molecule has 0 atom stereocenters. The molecule has 0 aliphatic carbocycles. The normalized spacial score (nSPS) is 15.5. The van der Waals surface area contributed by atoms with Crippen molar-refractivity contribution in [3.63, 3.8) is 0 Å². The third-order valence-electron chi connectivity index (χ3n) is 6.08. The van der Waals surface area contributed by atoms with Crippen molar-refractivity contribution in [3.8, 4) is 0 Å². The molecule has 0 aromatic heterocycles. The maximum Gasteiger partial charge on any atom is 0.416 e. The number of carbonyl (C=O) groups excluding carboxylic acids is 2. The van der Waals surface area contributed by atoms with Gasteiger partial charge in [-0.05, 0) is 49.7 Å². The molecule has 0 radical (unpaired) electrons. The number of nitrogens with two attached hydrogens (primary N) is 1. The number of hydrogen-bond donors (Lipinski definition) is 2. The summed E-state index contributed by atoms with van der Waals surface area (Å²) in [5.41, 5.74) is 5.47. The number of hydrogen-bond acceptors (Lipinski definition) is 5. The Hall–Kier alpha value is -3.11. The van der Waals surface area contributed by atoms with E-state index in [4.69, 9.17) is 10.5 Å². The Bertz CT molecular complexity index is 1060. The van der Waals surface area contributed by atoms with Crippen molar-refractivity contribution in [2.24, 2.45) is 5.73 Å². The van der Waals surface area contributed by atoms with Crippen LogP contribution in [0.5, 0.6) is 0 Å². The van der Waals surface area contributed by atoms with Gasteiger partial charge in [0.25, 0.3) is 0 Å². The summed E-state index contributed by atoms with van der Waals surface area (Å²) < 4.78 is 46.4. The summed E-state index contributed by atoms with van der Waals surface area (Å²) in [5, 5.41) is 2.58. The molecule has 196 valence electrons. The van der Waals surface area contributed by atoms with E-state index in [1.807, 2.05) is 24.1 Å². The molecule has 3 rings (SSSR count). The van der Waals surface area contributed by atoms with E-state index in [-0.39, 0.29) is 24.2 Å². The topological polar surface area (TPSA) is 87.9 Å². The van der Waals surface area contributed by atoms with Gasteiger partial charge in [0.2, 0.25) is 5.91 Å². The van der Waals surface area contributed by atoms with Gasteiger partial charge in [0.1, 0.15) is 5.60 Å². The minimum absolute atomic E-state index is 0.00581. The van der Waals surface area contributed by atoms with Crippen LogP contribution in [0.25, 0.3) is 0 Å². The Balaban J connectivity index is 1.63. The lowest BCUT2D eigenvalue weighted by Gasteiger charge is -2.33. The van der Waals surface area contributed by atoms with E-state index < -0.39 is 29.3 Å². The molecule has 36 heavy (non-hydrogen) atoms. The van der Waals surface area contributed by atoms with Crippen molar-refractivity contribution >= 4 is 17.7 Å². The Morgan fingerprint density at radius 1 is 1.00 bits per heavy atom. The van der Waals surface area contributed by atoms with E-state index >= 15 is 0 Å². The number of ether oxygens (including phenoxy) is 1. The average Bonchev–Trinajstić information content (AvgIpc) is 2.76. The van der Waals surface area contributed by atoms with Gasteiger partial charge in [0, 0.05) is 44.8 Å². The molecule has 1 heterocycles. The predicted molar refractivity (Wildman–Crippen MR) is 131 cm³/mol. The average molecular weight is 507 g/mol. The molecule has 1 fully saturated rings. The summed E-state index contributed by atoms with van der Waals surface area (Å²) in [6.45, 7) is 6.74. The number of rotatable bonds is 8. The second-order valence-electron chi connectivity index (χ2n) is 9.85. The van der Waals surface area contributed by atoms with Crippen molar-refractivity contribution < 1.29 is 27.5 Å². The second-order valence-corrected chi connectivity index (χ2v) is 9.85. The van der Waals surface area contributed by atoms with Crippen LogP contribution < -0.4 is 11.1 Å². The number of alkyl halides is 3. The molecular weight excluding hydrogens is 473 g/mol. The van der Waals surface area contributed by atoms with Crippen LogP contribution in [0.2, 0.25) is 0 Å². The van der Waals surface area contributed by atoms with Crippen LogP contribution in [0, 0.1) is 0 Å². The minimum atomic E-state index is -4.52. The number of piperazine rings is 1. The van der Waals surface area contributed by atoms with Gasteiger partial charge in [-0.1, -0.05) is 30.3 Å². The van der Waals surface area contributed by atoms with Gasteiger partial charge < -0.3 is 20.7 Å². The predicted octanol–water partition coefficient (Wildman–Crippen LogP) is 4.05. The third kappa shape index (κ3) is 8.23. The standard InChI is InChI=1S/C26H33F3N4O3/c1-25(2,36-24(30)35)16-19-6-4-18(5-7-19)14-23(34)31-21-9-8-20(22(15-21)26(27,28)29)17-33-12-10-32(3)11-13-33/h4-9,15H,10-14,16-17H2,1-3H3,(H2,30,35)(H,31,34). The molecule has 0 spiro atoms. The molecule has 10 heteroatoms. The second kappa shape index (κ2) is 11.3. The van der Waals surface area contributed by atoms with Crippen molar-refractivity contribution in [1.82, 2.24) is 9.80 Å². The van der Waals surface area contributed by atoms with Crippen molar-refractivity contribution in [2.45, 2.75) is 45.0 Å². The van der Waals surface area contributed by atoms with Gasteiger partial charge >= 0.3 is 12.3 Å². The van der Waals surface area contributed by atoms with Crippen molar-refractivity contribution in [3.05, 3.63) is 64.7 Å². The van der Waals surface area contributed by atoms with Gasteiger partial charge in [0.05, 0.1) is 12.0 Å². The van der Waals surface area contributed by atoms with Crippen LogP contribution in [-0.2, 0) is 35.1 Å². The zero-order valence-electron chi connectivity index (χ0n) is 20.8. The number of anilines is 1. The zero-order chi connectivity index (χ0) is 26.5. The molecule has 1 aliphatic heterocycles. The first-order chi connectivity index (χ1) is 16.8. The van der Waals surface area contributed by atoms with Crippen LogP contribution in [-0.4, -0.2) is 60.6 Å². The third-order valence-corrected chi connectivity index (χ3v) is 6.08. The molecule has 0 unspecified atom stereocenters. The Morgan fingerprint density at radius 3 is 2.19 bits per heavy atom. The molecule has 1 saturated heterocycles. The lowest BCUT2D eigenvalue weighted by molar-refractivity contribution is -0.138. The number of halogens is 3. The molecule has 0 bridgehead atoms. The lowest BCUT2D eigenvalue weighted by Crippen LogP contribution is -2.44. The molecule has 2 amide bonds. The van der Waals surface area contributed by atoms with Crippen LogP contribution in [0.3, 0.4) is 0 Å². The number of nitrogens with one attached hydrogen (secondary N) is 1. The first-order valence-electron chi connectivity index (χ1n) is 11.8. The Morgan fingerprint density at radius 2 is 1.61 bits per heavy atom. The quantitative estimate of drug-likeness (QED) is 0.564. The molecule has 0 saturated carbocycles. The van der Waals surface area contributed by atoms with Crippen molar-refractivity contribution in [1.29, 1.82) is 0 Å². The summed E-state index contributed by atoms with van der Waals surface area (Å²) >= 11 is 0. The highest BCUT2D eigenvalue weighted by Gasteiger charge is 2.34. The summed E-state index contributed by atoms with van der Waals surface area (Å²) in [6.07, 6.45) is -4.94. The van der Waals surface area contributed by atoms with E-state index in [0.717, 1.165) is 24.7 Å². The van der Waals surface area contributed by atoms with Crippen LogP contribution in [0.1, 0.15) is 36.1 Å². The van der Waals surface area contributed by atoms with Gasteiger partial charge in [-0.3, -0.25) is 9.69 Å². The number of carbonyl (C=O) groups is 2. The van der Waals surface area contributed by atoms with Crippen LogP contribution in [0.4, 0.5) is 23.7 Å². The van der Waals surface area contributed by atoms with Gasteiger partial charge in [0.15, 0.2) is 0 Å². The van der Waals surface area contributed by atoms with Crippen LogP contribution >= 0.6 is 0 Å². The Labute approximate surface area is 209 Å². The molecule has 2 aromatic rings. The molecule has 3 N–H and O–H groups in total. The smallest absolute Gasteiger partial charge is 0.416 e. The van der Waals surface area contributed by atoms with E-state index in [0.29, 0.717) is 25.1 Å². The van der Waals surface area contributed by atoms with Crippen molar-refractivity contribution in [2.75, 3.05) is 38.5 Å². The monoisotopic (exact) mass is 506 g/mol. The lowest BCUT2D eigenvalue weighted by atomic mass is 9.97. The summed E-state index contributed by atoms with van der Waals surface area (Å²) in [6, 6.07) is 11.1. The fraction of sp³-hybridized carbons (Fsp3) is 0.462. The highest BCUT2D eigenvalue weighted by molar-refractivity contribution is 5.92. The fourth-order valence-corrected chi connectivity index (χ4v) is 4.27. The first-order valence-corrected chi connectivity index (χ1v) is 11.8. The maximum atomic E-state index is 13.8. The van der Waals surface area contributed by atoms with E-state index in [9.17, 15) is 22.8 Å². The number of primary amides is 1. The molecule has 7 nitrogen and oxygen atoms in total. The molecule has 2 aromatic carbocycles. The first kappa shape index (κ1) is 27.5. The maximum absolute atomic E-state index is 13.8. The number of likely N-dealkylation sites (N-methyl/N-ethyl adjacent to an activating group) is 1. The molecular formula is C26H33F3N4O3. The van der Waals surface area contributed by atoms with E-state index in [1.54, 1.807) is 26.0 Å². The highest BCUT2D eigenvalue weighted by atomic mass is 19.4. The summed E-state index contributed by atoms with van der Waals surface area (Å²) in [4.78, 5) is 27.7.